The SMILES string of the molecule is O=C(NCC1CC1)Nc1ccc2ncc(-c3cnoc3)nc2n1. The Morgan fingerprint density at radius 1 is 1.26 bits per heavy atom. The standard InChI is InChI=1S/C15H14N6O2/c22-15(17-5-9-1-2-9)21-13-4-3-11-14(20-13)19-12(7-16-11)10-6-18-23-8-10/h3-4,6-9H,1-2,5H2,(H2,17,19,20,21,22). The van der Waals surface area contributed by atoms with E-state index in [-0.39, 0.29) is 6.03 Å². The fourth-order valence-corrected chi connectivity index (χ4v) is 2.16. The number of anilines is 1. The minimum absolute atomic E-state index is 0.258. The van der Waals surface area contributed by atoms with Crippen molar-refractivity contribution in [3.05, 3.63) is 30.8 Å². The van der Waals surface area contributed by atoms with Gasteiger partial charge in [0.15, 0.2) is 5.65 Å². The summed E-state index contributed by atoms with van der Waals surface area (Å²) in [6, 6.07) is 3.21. The van der Waals surface area contributed by atoms with Crippen LogP contribution in [-0.2, 0) is 0 Å². The van der Waals surface area contributed by atoms with Crippen molar-refractivity contribution >= 4 is 23.0 Å². The first-order chi connectivity index (χ1) is 11.3. The molecule has 23 heavy (non-hydrogen) atoms. The predicted octanol–water partition coefficient (Wildman–Crippen LogP) is 2.21. The maximum absolute atomic E-state index is 11.8. The molecule has 0 aromatic carbocycles. The van der Waals surface area contributed by atoms with Crippen LogP contribution in [0.1, 0.15) is 12.8 Å². The van der Waals surface area contributed by atoms with Crippen LogP contribution in [-0.4, -0.2) is 32.7 Å². The summed E-state index contributed by atoms with van der Waals surface area (Å²) in [4.78, 5) is 24.9. The van der Waals surface area contributed by atoms with Crippen LogP contribution in [0.4, 0.5) is 10.6 Å². The highest BCUT2D eigenvalue weighted by molar-refractivity contribution is 5.89. The van der Waals surface area contributed by atoms with E-state index in [0.29, 0.717) is 35.1 Å². The van der Waals surface area contributed by atoms with Gasteiger partial charge < -0.3 is 9.84 Å². The van der Waals surface area contributed by atoms with Gasteiger partial charge in [-0.2, -0.15) is 0 Å². The van der Waals surface area contributed by atoms with Crippen molar-refractivity contribution in [2.24, 2.45) is 5.92 Å². The van der Waals surface area contributed by atoms with Gasteiger partial charge in [0.05, 0.1) is 23.7 Å². The Hall–Kier alpha value is -3.03. The molecule has 2 N–H and O–H groups in total. The molecule has 8 nitrogen and oxygen atoms in total. The zero-order chi connectivity index (χ0) is 15.6. The van der Waals surface area contributed by atoms with Gasteiger partial charge in [-0.3, -0.25) is 10.3 Å². The number of carbonyl (C=O) groups excluding carboxylic acids is 1. The Bertz CT molecular complexity index is 844. The molecular formula is C15H14N6O2. The Morgan fingerprint density at radius 2 is 2.17 bits per heavy atom. The average Bonchev–Trinajstić information content (AvgIpc) is 3.24. The van der Waals surface area contributed by atoms with Crippen LogP contribution < -0.4 is 10.6 Å². The number of amides is 2. The molecule has 1 saturated carbocycles. The van der Waals surface area contributed by atoms with Gasteiger partial charge in [-0.1, -0.05) is 5.16 Å². The minimum atomic E-state index is -0.258. The Balaban J connectivity index is 1.54. The highest BCUT2D eigenvalue weighted by atomic mass is 16.5. The van der Waals surface area contributed by atoms with Crippen LogP contribution in [0.2, 0.25) is 0 Å². The van der Waals surface area contributed by atoms with E-state index >= 15 is 0 Å². The van der Waals surface area contributed by atoms with Gasteiger partial charge >= 0.3 is 6.03 Å². The van der Waals surface area contributed by atoms with Gasteiger partial charge in [-0.25, -0.2) is 14.8 Å². The van der Waals surface area contributed by atoms with Crippen molar-refractivity contribution in [2.75, 3.05) is 11.9 Å². The number of urea groups is 1. The summed E-state index contributed by atoms with van der Waals surface area (Å²) in [5, 5.41) is 9.19. The van der Waals surface area contributed by atoms with E-state index in [4.69, 9.17) is 4.52 Å². The number of hydrogen-bond donors (Lipinski definition) is 2. The zero-order valence-electron chi connectivity index (χ0n) is 12.2. The second kappa shape index (κ2) is 5.64. The first-order valence-electron chi connectivity index (χ1n) is 7.36. The Labute approximate surface area is 131 Å². The number of nitrogens with zero attached hydrogens (tertiary/aromatic N) is 4. The lowest BCUT2D eigenvalue weighted by molar-refractivity contribution is 0.251. The van der Waals surface area contributed by atoms with E-state index in [1.807, 2.05) is 0 Å². The number of nitrogens with one attached hydrogen (secondary N) is 2. The van der Waals surface area contributed by atoms with Crippen molar-refractivity contribution in [1.82, 2.24) is 25.4 Å². The monoisotopic (exact) mass is 310 g/mol. The highest BCUT2D eigenvalue weighted by Gasteiger charge is 2.21. The molecule has 3 heterocycles. The van der Waals surface area contributed by atoms with Crippen LogP contribution >= 0.6 is 0 Å². The fraction of sp³-hybridized carbons (Fsp3) is 0.267. The number of aromatic nitrogens is 4. The minimum Gasteiger partial charge on any atom is -0.364 e. The van der Waals surface area contributed by atoms with Crippen LogP contribution in [0.3, 0.4) is 0 Å². The van der Waals surface area contributed by atoms with E-state index in [1.165, 1.54) is 19.1 Å². The smallest absolute Gasteiger partial charge is 0.320 e. The molecule has 0 unspecified atom stereocenters. The molecule has 3 aromatic heterocycles. The van der Waals surface area contributed by atoms with Gasteiger partial charge in [0.25, 0.3) is 0 Å². The van der Waals surface area contributed by atoms with E-state index in [1.54, 1.807) is 24.5 Å². The summed E-state index contributed by atoms with van der Waals surface area (Å²) in [7, 11) is 0. The number of hydrogen-bond acceptors (Lipinski definition) is 6. The summed E-state index contributed by atoms with van der Waals surface area (Å²) in [6.45, 7) is 0.705. The largest absolute Gasteiger partial charge is 0.364 e. The maximum Gasteiger partial charge on any atom is 0.320 e. The van der Waals surface area contributed by atoms with Crippen LogP contribution in [0.5, 0.6) is 0 Å². The molecule has 0 aliphatic heterocycles. The summed E-state index contributed by atoms with van der Waals surface area (Å²) >= 11 is 0. The van der Waals surface area contributed by atoms with Gasteiger partial charge in [-0.15, -0.1) is 0 Å². The first-order valence-corrected chi connectivity index (χ1v) is 7.36. The summed E-state index contributed by atoms with van der Waals surface area (Å²) in [5.41, 5.74) is 2.43. The van der Waals surface area contributed by atoms with Crippen molar-refractivity contribution in [3.8, 4) is 11.3 Å². The zero-order valence-corrected chi connectivity index (χ0v) is 12.2. The first kappa shape index (κ1) is 13.6. The molecule has 1 aliphatic carbocycles. The van der Waals surface area contributed by atoms with Gasteiger partial charge in [0.2, 0.25) is 0 Å². The molecule has 1 aliphatic rings. The summed E-state index contributed by atoms with van der Waals surface area (Å²) < 4.78 is 4.81. The lowest BCUT2D eigenvalue weighted by Crippen LogP contribution is -2.30. The molecule has 0 spiro atoms. The number of fused-ring (bicyclic) bond motifs is 1. The molecular weight excluding hydrogens is 296 g/mol. The second-order valence-corrected chi connectivity index (χ2v) is 5.49. The third-order valence-electron chi connectivity index (χ3n) is 3.62. The third kappa shape index (κ3) is 3.10. The molecule has 0 atom stereocenters. The van der Waals surface area contributed by atoms with Crippen LogP contribution in [0.25, 0.3) is 22.4 Å². The molecule has 0 radical (unpaired) electrons. The Kier molecular flexibility index (Phi) is 3.34. The summed E-state index contributed by atoms with van der Waals surface area (Å²) in [6.07, 6.45) is 7.06. The van der Waals surface area contributed by atoms with Crippen molar-refractivity contribution < 1.29 is 9.32 Å². The van der Waals surface area contributed by atoms with E-state index < -0.39 is 0 Å². The molecule has 2 amide bonds. The molecule has 116 valence electrons. The highest BCUT2D eigenvalue weighted by Crippen LogP contribution is 2.27. The Morgan fingerprint density at radius 3 is 2.96 bits per heavy atom. The molecule has 1 fully saturated rings. The topological polar surface area (TPSA) is 106 Å². The lowest BCUT2D eigenvalue weighted by atomic mass is 10.2. The quantitative estimate of drug-likeness (QED) is 0.765. The number of carbonyl (C=O) groups is 1. The van der Waals surface area contributed by atoms with Gasteiger partial charge in [-0.05, 0) is 30.9 Å². The van der Waals surface area contributed by atoms with E-state index in [2.05, 4.69) is 30.7 Å². The van der Waals surface area contributed by atoms with E-state index in [0.717, 1.165) is 5.56 Å². The van der Waals surface area contributed by atoms with E-state index in [9.17, 15) is 4.79 Å². The molecule has 0 saturated heterocycles. The summed E-state index contributed by atoms with van der Waals surface area (Å²) in [5.74, 6) is 1.06. The molecule has 8 heteroatoms. The van der Waals surface area contributed by atoms with Crippen LogP contribution in [0, 0.1) is 5.92 Å². The predicted molar refractivity (Wildman–Crippen MR) is 82.6 cm³/mol. The lowest BCUT2D eigenvalue weighted by Gasteiger charge is -2.07. The second-order valence-electron chi connectivity index (χ2n) is 5.49. The fourth-order valence-electron chi connectivity index (χ4n) is 2.16. The third-order valence-corrected chi connectivity index (χ3v) is 3.62. The van der Waals surface area contributed by atoms with Gasteiger partial charge in [0, 0.05) is 6.54 Å². The van der Waals surface area contributed by atoms with Crippen molar-refractivity contribution in [3.63, 3.8) is 0 Å². The van der Waals surface area contributed by atoms with Crippen molar-refractivity contribution in [2.45, 2.75) is 12.8 Å². The van der Waals surface area contributed by atoms with Crippen molar-refractivity contribution in [1.29, 1.82) is 0 Å². The number of rotatable bonds is 4. The molecule has 0 bridgehead atoms. The van der Waals surface area contributed by atoms with Gasteiger partial charge in [0.1, 0.15) is 17.6 Å². The molecule has 4 rings (SSSR count). The number of pyridine rings is 1. The maximum atomic E-state index is 11.8. The van der Waals surface area contributed by atoms with Crippen LogP contribution in [0.15, 0.2) is 35.3 Å². The average molecular weight is 310 g/mol. The molecule has 3 aromatic rings. The normalized spacial score (nSPS) is 13.9.